The van der Waals surface area contributed by atoms with Crippen LogP contribution >= 0.6 is 11.3 Å². The second kappa shape index (κ2) is 4.45. The van der Waals surface area contributed by atoms with Gasteiger partial charge in [-0.25, -0.2) is 4.98 Å². The highest BCUT2D eigenvalue weighted by molar-refractivity contribution is 7.21. The molecule has 1 aliphatic carbocycles. The van der Waals surface area contributed by atoms with Crippen molar-refractivity contribution in [3.05, 3.63) is 21.7 Å². The van der Waals surface area contributed by atoms with E-state index in [0.29, 0.717) is 15.8 Å². The van der Waals surface area contributed by atoms with E-state index in [1.165, 1.54) is 0 Å². The first-order valence-corrected chi connectivity index (χ1v) is 7.05. The Balaban J connectivity index is 2.36. The fourth-order valence-electron chi connectivity index (χ4n) is 2.78. The number of nitrogens with zero attached hydrogens (tertiary/aromatic N) is 1. The minimum Gasteiger partial charge on any atom is -0.481 e. The third-order valence-corrected chi connectivity index (χ3v) is 4.68. The van der Waals surface area contributed by atoms with Crippen molar-refractivity contribution in [3.8, 4) is 0 Å². The highest BCUT2D eigenvalue weighted by Gasteiger charge is 2.25. The largest absolute Gasteiger partial charge is 0.481 e. The van der Waals surface area contributed by atoms with Crippen molar-refractivity contribution in [1.29, 1.82) is 0 Å². The van der Waals surface area contributed by atoms with Gasteiger partial charge in [0, 0.05) is 11.1 Å². The van der Waals surface area contributed by atoms with Crippen molar-refractivity contribution in [2.45, 2.75) is 25.7 Å². The van der Waals surface area contributed by atoms with E-state index in [9.17, 15) is 9.59 Å². The molecule has 20 heavy (non-hydrogen) atoms. The number of carbonyl (C=O) groups is 2. The van der Waals surface area contributed by atoms with Gasteiger partial charge < -0.3 is 16.6 Å². The fraction of sp³-hybridized carbons (Fsp3) is 0.308. The predicted octanol–water partition coefficient (Wildman–Crippen LogP) is 1.09. The van der Waals surface area contributed by atoms with Crippen molar-refractivity contribution < 1.29 is 14.7 Å². The lowest BCUT2D eigenvalue weighted by Crippen LogP contribution is -2.11. The lowest BCUT2D eigenvalue weighted by Gasteiger charge is -2.08. The first-order chi connectivity index (χ1) is 9.49. The van der Waals surface area contributed by atoms with Crippen LogP contribution in [0.2, 0.25) is 0 Å². The summed E-state index contributed by atoms with van der Waals surface area (Å²) in [6.07, 6.45) is 2.50. The third kappa shape index (κ3) is 1.82. The number of rotatable bonds is 3. The zero-order valence-corrected chi connectivity index (χ0v) is 11.4. The fourth-order valence-corrected chi connectivity index (χ4v) is 3.78. The molecule has 0 aromatic carbocycles. The predicted molar refractivity (Wildman–Crippen MR) is 75.9 cm³/mol. The minimum absolute atomic E-state index is 0.111. The van der Waals surface area contributed by atoms with Crippen molar-refractivity contribution in [3.63, 3.8) is 0 Å². The number of carboxylic acids is 1. The van der Waals surface area contributed by atoms with E-state index < -0.39 is 11.9 Å². The summed E-state index contributed by atoms with van der Waals surface area (Å²) in [5.74, 6) is -1.52. The molecule has 0 bridgehead atoms. The van der Waals surface area contributed by atoms with Crippen LogP contribution in [0.5, 0.6) is 0 Å². The molecule has 0 unspecified atom stereocenters. The molecular weight excluding hydrogens is 278 g/mol. The Morgan fingerprint density at radius 3 is 2.75 bits per heavy atom. The number of hydrogen-bond acceptors (Lipinski definition) is 5. The molecule has 0 aliphatic heterocycles. The van der Waals surface area contributed by atoms with Crippen LogP contribution < -0.4 is 11.5 Å². The first kappa shape index (κ1) is 12.9. The molecular formula is C13H13N3O3S. The van der Waals surface area contributed by atoms with Crippen molar-refractivity contribution in [1.82, 2.24) is 4.98 Å². The number of aliphatic carboxylic acids is 1. The molecule has 0 spiro atoms. The number of aromatic nitrogens is 1. The molecule has 3 rings (SSSR count). The van der Waals surface area contributed by atoms with E-state index >= 15 is 0 Å². The molecule has 0 saturated carbocycles. The molecule has 2 aromatic rings. The Bertz CT molecular complexity index is 751. The second-order valence-corrected chi connectivity index (χ2v) is 5.83. The topological polar surface area (TPSA) is 119 Å². The standard InChI is InChI=1S/C13H13N3O3S/c14-10-9-6(4-8(17)18)5-2-1-3-7(5)16-13(9)20-11(10)12(15)19/h1-4,14H2,(H2,15,19)(H,17,18). The summed E-state index contributed by atoms with van der Waals surface area (Å²) in [6, 6.07) is 0. The number of nitrogens with two attached hydrogens (primary N) is 2. The Morgan fingerprint density at radius 2 is 2.10 bits per heavy atom. The number of carbonyl (C=O) groups excluding carboxylic acids is 1. The van der Waals surface area contributed by atoms with Gasteiger partial charge in [0.25, 0.3) is 5.91 Å². The van der Waals surface area contributed by atoms with Gasteiger partial charge in [0.15, 0.2) is 0 Å². The number of nitrogen functional groups attached to an aromatic ring is 1. The quantitative estimate of drug-likeness (QED) is 0.782. The van der Waals surface area contributed by atoms with E-state index in [0.717, 1.165) is 41.9 Å². The summed E-state index contributed by atoms with van der Waals surface area (Å²) < 4.78 is 0. The van der Waals surface area contributed by atoms with Gasteiger partial charge in [-0.1, -0.05) is 0 Å². The molecule has 0 fully saturated rings. The highest BCUT2D eigenvalue weighted by atomic mass is 32.1. The number of primary amides is 1. The molecule has 7 heteroatoms. The van der Waals surface area contributed by atoms with Crippen LogP contribution in [0, 0.1) is 0 Å². The molecule has 2 aromatic heterocycles. The zero-order chi connectivity index (χ0) is 14.4. The van der Waals surface area contributed by atoms with Crippen molar-refractivity contribution in [2.24, 2.45) is 5.73 Å². The molecule has 104 valence electrons. The molecule has 0 atom stereocenters. The summed E-state index contributed by atoms with van der Waals surface area (Å²) in [6.45, 7) is 0. The first-order valence-electron chi connectivity index (χ1n) is 6.23. The molecule has 6 nitrogen and oxygen atoms in total. The van der Waals surface area contributed by atoms with Crippen LogP contribution in [0.4, 0.5) is 5.69 Å². The number of anilines is 1. The van der Waals surface area contributed by atoms with Gasteiger partial charge in [0.1, 0.15) is 9.71 Å². The number of carboxylic acid groups (broad SMARTS) is 1. The van der Waals surface area contributed by atoms with Gasteiger partial charge in [-0.15, -0.1) is 11.3 Å². The average Bonchev–Trinajstić information content (AvgIpc) is 2.93. The van der Waals surface area contributed by atoms with Gasteiger partial charge in [-0.05, 0) is 30.4 Å². The normalized spacial score (nSPS) is 13.6. The number of hydrogen-bond donors (Lipinski definition) is 3. The van der Waals surface area contributed by atoms with Crippen LogP contribution in [0.25, 0.3) is 10.2 Å². The summed E-state index contributed by atoms with van der Waals surface area (Å²) in [4.78, 5) is 27.9. The van der Waals surface area contributed by atoms with E-state index in [-0.39, 0.29) is 17.0 Å². The summed E-state index contributed by atoms with van der Waals surface area (Å²) in [7, 11) is 0. The highest BCUT2D eigenvalue weighted by Crippen LogP contribution is 2.39. The maximum absolute atomic E-state index is 11.4. The molecule has 0 radical (unpaired) electrons. The third-order valence-electron chi connectivity index (χ3n) is 3.57. The maximum atomic E-state index is 11.4. The average molecular weight is 291 g/mol. The Kier molecular flexibility index (Phi) is 2.86. The van der Waals surface area contributed by atoms with E-state index in [1.54, 1.807) is 0 Å². The van der Waals surface area contributed by atoms with Gasteiger partial charge in [0.2, 0.25) is 0 Å². The Morgan fingerprint density at radius 1 is 1.35 bits per heavy atom. The van der Waals surface area contributed by atoms with Crippen LogP contribution in [0.15, 0.2) is 0 Å². The number of fused-ring (bicyclic) bond motifs is 2. The van der Waals surface area contributed by atoms with Crippen LogP contribution in [-0.4, -0.2) is 22.0 Å². The smallest absolute Gasteiger partial charge is 0.307 e. The van der Waals surface area contributed by atoms with Crippen molar-refractivity contribution in [2.75, 3.05) is 5.73 Å². The van der Waals surface area contributed by atoms with Gasteiger partial charge in [0.05, 0.1) is 12.1 Å². The van der Waals surface area contributed by atoms with Crippen molar-refractivity contribution >= 4 is 39.1 Å². The van der Waals surface area contributed by atoms with E-state index in [1.807, 2.05) is 0 Å². The summed E-state index contributed by atoms with van der Waals surface area (Å²) >= 11 is 1.14. The Hall–Kier alpha value is -2.15. The summed E-state index contributed by atoms with van der Waals surface area (Å²) in [5.41, 5.74) is 14.1. The second-order valence-electron chi connectivity index (χ2n) is 4.83. The maximum Gasteiger partial charge on any atom is 0.307 e. The molecule has 2 heterocycles. The Labute approximate surface area is 118 Å². The van der Waals surface area contributed by atoms with Crippen LogP contribution in [0.1, 0.15) is 32.9 Å². The van der Waals surface area contributed by atoms with Gasteiger partial charge >= 0.3 is 5.97 Å². The molecule has 1 amide bonds. The van der Waals surface area contributed by atoms with Crippen LogP contribution in [0.3, 0.4) is 0 Å². The van der Waals surface area contributed by atoms with Gasteiger partial charge in [-0.3, -0.25) is 9.59 Å². The summed E-state index contributed by atoms with van der Waals surface area (Å²) in [5, 5.41) is 9.70. The lowest BCUT2D eigenvalue weighted by molar-refractivity contribution is -0.136. The lowest BCUT2D eigenvalue weighted by atomic mass is 10.00. The van der Waals surface area contributed by atoms with E-state index in [2.05, 4.69) is 4.98 Å². The minimum atomic E-state index is -0.919. The van der Waals surface area contributed by atoms with Gasteiger partial charge in [-0.2, -0.15) is 0 Å². The number of thiophene rings is 1. The monoisotopic (exact) mass is 291 g/mol. The van der Waals surface area contributed by atoms with Crippen LogP contribution in [-0.2, 0) is 24.1 Å². The molecule has 5 N–H and O–H groups in total. The molecule has 0 saturated heterocycles. The number of amides is 1. The van der Waals surface area contributed by atoms with E-state index in [4.69, 9.17) is 16.6 Å². The molecule has 1 aliphatic rings. The SMILES string of the molecule is NC(=O)c1sc2nc3c(c(CC(=O)O)c2c1N)CCC3. The number of aryl methyl sites for hydroxylation is 1. The zero-order valence-electron chi connectivity index (χ0n) is 10.6. The number of pyridine rings is 1.